The van der Waals surface area contributed by atoms with Crippen molar-refractivity contribution in [1.29, 1.82) is 0 Å². The fraction of sp³-hybridized carbons (Fsp3) is 0.421. The smallest absolute Gasteiger partial charge is 0.311 e. The largest absolute Gasteiger partial charge is 0.481 e. The van der Waals surface area contributed by atoms with E-state index in [1.165, 1.54) is 11.3 Å². The van der Waals surface area contributed by atoms with Crippen molar-refractivity contribution in [3.05, 3.63) is 51.5 Å². The molecule has 0 radical (unpaired) electrons. The van der Waals surface area contributed by atoms with E-state index in [2.05, 4.69) is 4.98 Å². The minimum Gasteiger partial charge on any atom is -0.481 e. The van der Waals surface area contributed by atoms with E-state index in [9.17, 15) is 14.7 Å². The first kappa shape index (κ1) is 17.6. The number of benzene rings is 1. The van der Waals surface area contributed by atoms with Crippen LogP contribution >= 0.6 is 11.3 Å². The maximum atomic E-state index is 12.9. The standard InChI is InChI=1S/C19H22N2O3S/c1-13-16(25-15(20-13)11-14-7-4-3-5-8-14)17(22)21-10-6-9-19(2,12-21)18(23)24/h3-5,7-8H,6,9-12H2,1-2H3,(H,23,24). The van der Waals surface area contributed by atoms with Gasteiger partial charge in [-0.1, -0.05) is 30.3 Å². The molecule has 1 atom stereocenters. The molecule has 1 N–H and O–H groups in total. The van der Waals surface area contributed by atoms with E-state index in [-0.39, 0.29) is 12.5 Å². The molecule has 2 aromatic rings. The Balaban J connectivity index is 1.77. The van der Waals surface area contributed by atoms with Crippen molar-refractivity contribution in [3.8, 4) is 0 Å². The van der Waals surface area contributed by atoms with Gasteiger partial charge in [-0.25, -0.2) is 4.98 Å². The Kier molecular flexibility index (Phi) is 4.90. The van der Waals surface area contributed by atoms with Gasteiger partial charge in [-0.3, -0.25) is 9.59 Å². The van der Waals surface area contributed by atoms with Crippen molar-refractivity contribution in [1.82, 2.24) is 9.88 Å². The third-order valence-electron chi connectivity index (χ3n) is 4.73. The molecule has 0 spiro atoms. The summed E-state index contributed by atoms with van der Waals surface area (Å²) in [7, 11) is 0. The Bertz CT molecular complexity index is 787. The second-order valence-corrected chi connectivity index (χ2v) is 7.96. The monoisotopic (exact) mass is 358 g/mol. The van der Waals surface area contributed by atoms with Crippen LogP contribution in [0.5, 0.6) is 0 Å². The fourth-order valence-electron chi connectivity index (χ4n) is 3.23. The van der Waals surface area contributed by atoms with Crippen molar-refractivity contribution < 1.29 is 14.7 Å². The van der Waals surface area contributed by atoms with Crippen molar-refractivity contribution in [2.75, 3.05) is 13.1 Å². The predicted octanol–water partition coefficient (Wildman–Crippen LogP) is 3.37. The Morgan fingerprint density at radius 2 is 2.04 bits per heavy atom. The summed E-state index contributed by atoms with van der Waals surface area (Å²) in [6.45, 7) is 4.42. The van der Waals surface area contributed by atoms with E-state index in [1.807, 2.05) is 37.3 Å². The van der Waals surface area contributed by atoms with E-state index in [4.69, 9.17) is 0 Å². The van der Waals surface area contributed by atoms with Gasteiger partial charge in [0.2, 0.25) is 0 Å². The Labute approximate surface area is 151 Å². The molecule has 5 nitrogen and oxygen atoms in total. The zero-order valence-electron chi connectivity index (χ0n) is 14.5. The fourth-order valence-corrected chi connectivity index (χ4v) is 4.29. The van der Waals surface area contributed by atoms with Gasteiger partial charge < -0.3 is 10.0 Å². The normalized spacial score (nSPS) is 20.5. The van der Waals surface area contributed by atoms with Crippen LogP contribution in [0.2, 0.25) is 0 Å². The zero-order valence-corrected chi connectivity index (χ0v) is 15.3. The summed E-state index contributed by atoms with van der Waals surface area (Å²) in [5.74, 6) is -0.933. The summed E-state index contributed by atoms with van der Waals surface area (Å²) in [5, 5.41) is 10.4. The molecule has 0 aliphatic carbocycles. The molecule has 6 heteroatoms. The van der Waals surface area contributed by atoms with E-state index in [0.717, 1.165) is 16.3 Å². The highest BCUT2D eigenvalue weighted by Gasteiger charge is 2.40. The number of rotatable bonds is 4. The summed E-state index contributed by atoms with van der Waals surface area (Å²) in [6.07, 6.45) is 2.02. The Hall–Kier alpha value is -2.21. The number of aromatic nitrogens is 1. The predicted molar refractivity (Wildman–Crippen MR) is 97.0 cm³/mol. The van der Waals surface area contributed by atoms with Crippen molar-refractivity contribution in [3.63, 3.8) is 0 Å². The van der Waals surface area contributed by atoms with Gasteiger partial charge in [-0.15, -0.1) is 11.3 Å². The molecule has 1 amide bonds. The van der Waals surface area contributed by atoms with Crippen LogP contribution in [0.1, 0.15) is 45.7 Å². The van der Waals surface area contributed by atoms with Crippen molar-refractivity contribution >= 4 is 23.2 Å². The molecular formula is C19H22N2O3S. The van der Waals surface area contributed by atoms with Crippen LogP contribution in [0.4, 0.5) is 0 Å². The first-order valence-corrected chi connectivity index (χ1v) is 9.23. The molecular weight excluding hydrogens is 336 g/mol. The molecule has 1 aliphatic rings. The molecule has 1 aromatic carbocycles. The third kappa shape index (κ3) is 3.74. The number of aryl methyl sites for hydroxylation is 1. The third-order valence-corrected chi connectivity index (χ3v) is 5.88. The maximum Gasteiger partial charge on any atom is 0.311 e. The highest BCUT2D eigenvalue weighted by Crippen LogP contribution is 2.32. The quantitative estimate of drug-likeness (QED) is 0.910. The lowest BCUT2D eigenvalue weighted by Crippen LogP contribution is -2.48. The van der Waals surface area contributed by atoms with Gasteiger partial charge in [0, 0.05) is 19.5 Å². The van der Waals surface area contributed by atoms with Gasteiger partial charge in [0.25, 0.3) is 5.91 Å². The summed E-state index contributed by atoms with van der Waals surface area (Å²) in [6, 6.07) is 10.0. The van der Waals surface area contributed by atoms with Crippen LogP contribution in [0.3, 0.4) is 0 Å². The van der Waals surface area contributed by atoms with Gasteiger partial charge in [-0.05, 0) is 32.3 Å². The number of hydrogen-bond donors (Lipinski definition) is 1. The molecule has 0 bridgehead atoms. The zero-order chi connectivity index (χ0) is 18.0. The van der Waals surface area contributed by atoms with E-state index in [0.29, 0.717) is 30.7 Å². The number of carbonyl (C=O) groups is 2. The molecule has 3 rings (SSSR count). The summed E-state index contributed by atoms with van der Waals surface area (Å²) >= 11 is 1.41. The molecule has 1 aromatic heterocycles. The number of aliphatic carboxylic acids is 1. The van der Waals surface area contributed by atoms with Gasteiger partial charge in [-0.2, -0.15) is 0 Å². The van der Waals surface area contributed by atoms with Crippen LogP contribution in [0.15, 0.2) is 30.3 Å². The van der Waals surface area contributed by atoms with E-state index in [1.54, 1.807) is 11.8 Å². The maximum absolute atomic E-state index is 12.9. The highest BCUT2D eigenvalue weighted by molar-refractivity contribution is 7.13. The van der Waals surface area contributed by atoms with Crippen LogP contribution in [-0.2, 0) is 11.2 Å². The summed E-state index contributed by atoms with van der Waals surface area (Å²) in [4.78, 5) is 31.3. The Morgan fingerprint density at radius 1 is 1.32 bits per heavy atom. The van der Waals surface area contributed by atoms with Gasteiger partial charge in [0.05, 0.1) is 16.1 Å². The molecule has 0 saturated carbocycles. The first-order valence-electron chi connectivity index (χ1n) is 8.42. The summed E-state index contributed by atoms with van der Waals surface area (Å²) < 4.78 is 0. The van der Waals surface area contributed by atoms with Crippen molar-refractivity contribution in [2.24, 2.45) is 5.41 Å². The molecule has 25 heavy (non-hydrogen) atoms. The summed E-state index contributed by atoms with van der Waals surface area (Å²) in [5.41, 5.74) is 1.02. The minimum atomic E-state index is -0.862. The van der Waals surface area contributed by atoms with Gasteiger partial charge in [0.1, 0.15) is 4.88 Å². The molecule has 1 unspecified atom stereocenters. The SMILES string of the molecule is Cc1nc(Cc2ccccc2)sc1C(=O)N1CCCC(C)(C(=O)O)C1. The first-order chi connectivity index (χ1) is 11.9. The number of carboxylic acid groups (broad SMARTS) is 1. The Morgan fingerprint density at radius 3 is 2.72 bits per heavy atom. The van der Waals surface area contributed by atoms with Crippen LogP contribution in [0, 0.1) is 12.3 Å². The van der Waals surface area contributed by atoms with Crippen LogP contribution in [-0.4, -0.2) is 40.0 Å². The number of thiazole rings is 1. The second kappa shape index (κ2) is 6.96. The number of hydrogen-bond acceptors (Lipinski definition) is 4. The van der Waals surface area contributed by atoms with E-state index < -0.39 is 11.4 Å². The number of likely N-dealkylation sites (tertiary alicyclic amines) is 1. The van der Waals surface area contributed by atoms with Crippen molar-refractivity contribution in [2.45, 2.75) is 33.1 Å². The van der Waals surface area contributed by atoms with Gasteiger partial charge in [0.15, 0.2) is 0 Å². The number of piperidine rings is 1. The number of amides is 1. The highest BCUT2D eigenvalue weighted by atomic mass is 32.1. The van der Waals surface area contributed by atoms with E-state index >= 15 is 0 Å². The topological polar surface area (TPSA) is 70.5 Å². The number of carboxylic acids is 1. The molecule has 1 fully saturated rings. The average Bonchev–Trinajstić information content (AvgIpc) is 2.95. The molecule has 1 saturated heterocycles. The van der Waals surface area contributed by atoms with Crippen LogP contribution in [0.25, 0.3) is 0 Å². The lowest BCUT2D eigenvalue weighted by atomic mass is 9.82. The lowest BCUT2D eigenvalue weighted by molar-refractivity contribution is -0.150. The molecule has 132 valence electrons. The number of carbonyl (C=O) groups excluding carboxylic acids is 1. The molecule has 2 heterocycles. The minimum absolute atomic E-state index is 0.0958. The number of nitrogens with zero attached hydrogens (tertiary/aromatic N) is 2. The molecule has 1 aliphatic heterocycles. The van der Waals surface area contributed by atoms with Crippen LogP contribution < -0.4 is 0 Å². The second-order valence-electron chi connectivity index (χ2n) is 6.88. The lowest BCUT2D eigenvalue weighted by Gasteiger charge is -2.37. The average molecular weight is 358 g/mol. The van der Waals surface area contributed by atoms with Gasteiger partial charge >= 0.3 is 5.97 Å².